The zero-order chi connectivity index (χ0) is 21.1. The van der Waals surface area contributed by atoms with E-state index in [4.69, 9.17) is 9.47 Å². The molecular weight excluding hydrogens is 408 g/mol. The van der Waals surface area contributed by atoms with E-state index in [-0.39, 0.29) is 10.8 Å². The van der Waals surface area contributed by atoms with E-state index >= 15 is 0 Å². The average Bonchev–Trinajstić information content (AvgIpc) is 3.29. The number of benzene rings is 2. The number of aromatic nitrogens is 2. The van der Waals surface area contributed by atoms with Crippen LogP contribution in [0.25, 0.3) is 0 Å². The summed E-state index contributed by atoms with van der Waals surface area (Å²) in [5.74, 6) is 0.706. The lowest BCUT2D eigenvalue weighted by atomic mass is 10.2. The van der Waals surface area contributed by atoms with Crippen LogP contribution in [0.1, 0.15) is 13.0 Å². The number of amides is 1. The number of hydrogen-bond acceptors (Lipinski definition) is 6. The predicted molar refractivity (Wildman–Crippen MR) is 110 cm³/mol. The SMILES string of the molecule is C[C@@H](C(=O)Nc1ccc(NS(=O)(=O)c2ccc3c(c2)OCCO3)cc1)n1ccnc1. The zero-order valence-corrected chi connectivity index (χ0v) is 16.9. The van der Waals surface area contributed by atoms with Crippen molar-refractivity contribution >= 4 is 27.3 Å². The number of carbonyl (C=O) groups excluding carboxylic acids is 1. The van der Waals surface area contributed by atoms with Crippen LogP contribution in [-0.2, 0) is 14.8 Å². The molecule has 1 aliphatic rings. The van der Waals surface area contributed by atoms with Gasteiger partial charge in [-0.25, -0.2) is 13.4 Å². The standard InChI is InChI=1S/C20H20N4O5S/c1-14(24-9-8-21-13-24)20(25)22-15-2-4-16(5-3-15)23-30(26,27)17-6-7-18-19(12-17)29-11-10-28-18/h2-9,12-14,23H,10-11H2,1H3,(H,22,25)/t14-/m0/s1. The van der Waals surface area contributed by atoms with E-state index in [2.05, 4.69) is 15.0 Å². The number of carbonyl (C=O) groups is 1. The summed E-state index contributed by atoms with van der Waals surface area (Å²) in [5, 5.41) is 2.79. The van der Waals surface area contributed by atoms with Crippen LogP contribution in [0.2, 0.25) is 0 Å². The Kier molecular flexibility index (Phi) is 5.32. The lowest BCUT2D eigenvalue weighted by Gasteiger charge is -2.19. The summed E-state index contributed by atoms with van der Waals surface area (Å²) >= 11 is 0. The van der Waals surface area contributed by atoms with E-state index < -0.39 is 16.1 Å². The van der Waals surface area contributed by atoms with Gasteiger partial charge in [0.05, 0.1) is 11.2 Å². The third-order valence-corrected chi connectivity index (χ3v) is 5.96. The van der Waals surface area contributed by atoms with Gasteiger partial charge in [0.15, 0.2) is 11.5 Å². The summed E-state index contributed by atoms with van der Waals surface area (Å²) in [6, 6.07) is 10.4. The Morgan fingerprint density at radius 3 is 2.47 bits per heavy atom. The first kappa shape index (κ1) is 19.8. The van der Waals surface area contributed by atoms with Gasteiger partial charge in [0.2, 0.25) is 5.91 Å². The number of ether oxygens (including phenoxy) is 2. The fourth-order valence-electron chi connectivity index (χ4n) is 2.91. The quantitative estimate of drug-likeness (QED) is 0.624. The molecule has 0 fully saturated rings. The van der Waals surface area contributed by atoms with Crippen molar-refractivity contribution in [1.82, 2.24) is 9.55 Å². The molecule has 0 saturated heterocycles. The van der Waals surface area contributed by atoms with E-state index in [0.717, 1.165) is 0 Å². The molecule has 30 heavy (non-hydrogen) atoms. The molecule has 9 nitrogen and oxygen atoms in total. The minimum atomic E-state index is -3.81. The van der Waals surface area contributed by atoms with Crippen LogP contribution in [-0.4, -0.2) is 37.1 Å². The topological polar surface area (TPSA) is 112 Å². The second-order valence-electron chi connectivity index (χ2n) is 6.66. The Morgan fingerprint density at radius 2 is 1.77 bits per heavy atom. The predicted octanol–water partition coefficient (Wildman–Crippen LogP) is 2.65. The van der Waals surface area contributed by atoms with Crippen LogP contribution >= 0.6 is 0 Å². The number of rotatable bonds is 6. The Morgan fingerprint density at radius 1 is 1.07 bits per heavy atom. The normalized spacial score (nSPS) is 14.0. The number of nitrogens with zero attached hydrogens (tertiary/aromatic N) is 2. The second kappa shape index (κ2) is 8.07. The molecule has 10 heteroatoms. The summed E-state index contributed by atoms with van der Waals surface area (Å²) in [7, 11) is -3.81. The number of nitrogens with one attached hydrogen (secondary N) is 2. The Hall–Kier alpha value is -3.53. The van der Waals surface area contributed by atoms with E-state index in [1.54, 1.807) is 60.5 Å². The number of anilines is 2. The second-order valence-corrected chi connectivity index (χ2v) is 8.35. The van der Waals surface area contributed by atoms with Gasteiger partial charge < -0.3 is 19.4 Å². The number of hydrogen-bond donors (Lipinski definition) is 2. The van der Waals surface area contributed by atoms with Crippen LogP contribution in [0, 0.1) is 0 Å². The van der Waals surface area contributed by atoms with Gasteiger partial charge in [0, 0.05) is 29.8 Å². The van der Waals surface area contributed by atoms with Crippen LogP contribution < -0.4 is 19.5 Å². The first-order chi connectivity index (χ1) is 14.4. The minimum Gasteiger partial charge on any atom is -0.486 e. The highest BCUT2D eigenvalue weighted by molar-refractivity contribution is 7.92. The highest BCUT2D eigenvalue weighted by Gasteiger charge is 2.20. The Bertz CT molecular complexity index is 1140. The van der Waals surface area contributed by atoms with Gasteiger partial charge in [-0.1, -0.05) is 0 Å². The summed E-state index contributed by atoms with van der Waals surface area (Å²) in [5.41, 5.74) is 0.916. The molecule has 2 aromatic carbocycles. The molecule has 1 amide bonds. The number of sulfonamides is 1. The summed E-state index contributed by atoms with van der Waals surface area (Å²) < 4.78 is 40.4. The van der Waals surface area contributed by atoms with Crippen molar-refractivity contribution in [3.8, 4) is 11.5 Å². The highest BCUT2D eigenvalue weighted by atomic mass is 32.2. The molecule has 0 saturated carbocycles. The monoisotopic (exact) mass is 428 g/mol. The average molecular weight is 428 g/mol. The third-order valence-electron chi connectivity index (χ3n) is 4.58. The van der Waals surface area contributed by atoms with Gasteiger partial charge in [0.25, 0.3) is 10.0 Å². The highest BCUT2D eigenvalue weighted by Crippen LogP contribution is 2.32. The van der Waals surface area contributed by atoms with Crippen molar-refractivity contribution in [1.29, 1.82) is 0 Å². The molecule has 0 radical (unpaired) electrons. The van der Waals surface area contributed by atoms with Crippen LogP contribution in [0.5, 0.6) is 11.5 Å². The van der Waals surface area contributed by atoms with Crippen LogP contribution in [0.4, 0.5) is 11.4 Å². The van der Waals surface area contributed by atoms with Gasteiger partial charge in [-0.05, 0) is 43.3 Å². The lowest BCUT2D eigenvalue weighted by molar-refractivity contribution is -0.118. The third kappa shape index (κ3) is 4.23. The molecule has 0 unspecified atom stereocenters. The molecule has 2 N–H and O–H groups in total. The first-order valence-corrected chi connectivity index (χ1v) is 10.7. The largest absolute Gasteiger partial charge is 0.486 e. The number of imidazole rings is 1. The molecule has 156 valence electrons. The fourth-order valence-corrected chi connectivity index (χ4v) is 3.98. The molecule has 1 atom stereocenters. The van der Waals surface area contributed by atoms with Crippen LogP contribution in [0.3, 0.4) is 0 Å². The van der Waals surface area contributed by atoms with Crippen molar-refractivity contribution in [3.63, 3.8) is 0 Å². The van der Waals surface area contributed by atoms with Gasteiger partial charge in [-0.2, -0.15) is 0 Å². The van der Waals surface area contributed by atoms with Crippen molar-refractivity contribution in [2.45, 2.75) is 17.9 Å². The first-order valence-electron chi connectivity index (χ1n) is 9.23. The Labute approximate surface area is 173 Å². The van der Waals surface area contributed by atoms with E-state index in [9.17, 15) is 13.2 Å². The molecule has 3 aromatic rings. The summed E-state index contributed by atoms with van der Waals surface area (Å²) in [6.45, 7) is 2.56. The van der Waals surface area contributed by atoms with E-state index in [0.29, 0.717) is 36.1 Å². The van der Waals surface area contributed by atoms with Crippen molar-refractivity contribution in [2.75, 3.05) is 23.3 Å². The maximum atomic E-state index is 12.7. The zero-order valence-electron chi connectivity index (χ0n) is 16.1. The van der Waals surface area contributed by atoms with E-state index in [1.165, 1.54) is 12.1 Å². The molecule has 1 aliphatic heterocycles. The molecule has 0 aliphatic carbocycles. The molecule has 0 spiro atoms. The molecular formula is C20H20N4O5S. The Balaban J connectivity index is 1.43. The van der Waals surface area contributed by atoms with Crippen molar-refractivity contribution < 1.29 is 22.7 Å². The summed E-state index contributed by atoms with van der Waals surface area (Å²) in [6.07, 6.45) is 4.88. The minimum absolute atomic E-state index is 0.0679. The number of fused-ring (bicyclic) bond motifs is 1. The molecule has 2 heterocycles. The van der Waals surface area contributed by atoms with Gasteiger partial charge in [-0.15, -0.1) is 0 Å². The van der Waals surface area contributed by atoms with Crippen molar-refractivity contribution in [2.24, 2.45) is 0 Å². The summed E-state index contributed by atoms with van der Waals surface area (Å²) in [4.78, 5) is 16.3. The maximum absolute atomic E-state index is 12.7. The maximum Gasteiger partial charge on any atom is 0.262 e. The van der Waals surface area contributed by atoms with E-state index in [1.807, 2.05) is 0 Å². The van der Waals surface area contributed by atoms with Crippen LogP contribution in [0.15, 0.2) is 66.1 Å². The lowest BCUT2D eigenvalue weighted by Crippen LogP contribution is -2.22. The van der Waals surface area contributed by atoms with Crippen molar-refractivity contribution in [3.05, 3.63) is 61.2 Å². The molecule has 4 rings (SSSR count). The van der Waals surface area contributed by atoms with Gasteiger partial charge >= 0.3 is 0 Å². The molecule has 1 aromatic heterocycles. The van der Waals surface area contributed by atoms with Gasteiger partial charge in [0.1, 0.15) is 19.3 Å². The molecule has 0 bridgehead atoms. The smallest absolute Gasteiger partial charge is 0.262 e. The fraction of sp³-hybridized carbons (Fsp3) is 0.200. The van der Waals surface area contributed by atoms with Gasteiger partial charge in [-0.3, -0.25) is 9.52 Å².